The molecule has 1 aliphatic carbocycles. The van der Waals surface area contributed by atoms with Crippen molar-refractivity contribution in [2.75, 3.05) is 0 Å². The van der Waals surface area contributed by atoms with E-state index >= 15 is 0 Å². The van der Waals surface area contributed by atoms with Crippen LogP contribution >= 0.6 is 11.6 Å². The molecule has 2 N–H and O–H groups in total. The maximum Gasteiger partial charge on any atom is 0.327 e. The minimum absolute atomic E-state index is 0.166. The molecule has 188 valence electrons. The molecule has 0 spiro atoms. The lowest BCUT2D eigenvalue weighted by Gasteiger charge is -2.23. The van der Waals surface area contributed by atoms with Crippen LogP contribution in [0.15, 0.2) is 41.3 Å². The van der Waals surface area contributed by atoms with Crippen molar-refractivity contribution < 1.29 is 0 Å². The molecule has 0 radical (unpaired) electrons. The van der Waals surface area contributed by atoms with Gasteiger partial charge < -0.3 is 0 Å². The number of pyridine rings is 1. The number of aromatic amines is 2. The van der Waals surface area contributed by atoms with Gasteiger partial charge in [0.15, 0.2) is 0 Å². The fourth-order valence-electron chi connectivity index (χ4n) is 5.29. The first-order valence-corrected chi connectivity index (χ1v) is 13.3. The van der Waals surface area contributed by atoms with Crippen LogP contribution in [0.4, 0.5) is 0 Å². The first-order valence-electron chi connectivity index (χ1n) is 12.9. The minimum Gasteiger partial charge on any atom is -0.296 e. The number of benzene rings is 1. The van der Waals surface area contributed by atoms with E-state index in [4.69, 9.17) is 16.6 Å². The Morgan fingerprint density at radius 2 is 1.92 bits per heavy atom. The summed E-state index contributed by atoms with van der Waals surface area (Å²) in [6.07, 6.45) is 12.1. The smallest absolute Gasteiger partial charge is 0.296 e. The van der Waals surface area contributed by atoms with Crippen LogP contribution in [0.25, 0.3) is 22.6 Å². The number of H-pyrrole nitrogens is 2. The third-order valence-corrected chi connectivity index (χ3v) is 7.55. The van der Waals surface area contributed by atoms with Crippen LogP contribution in [0.2, 0.25) is 5.15 Å². The molecule has 1 aliphatic rings. The Morgan fingerprint density at radius 3 is 2.67 bits per heavy atom. The lowest BCUT2D eigenvalue weighted by atomic mass is 9.83. The number of halogens is 1. The molecule has 0 unspecified atom stereocenters. The van der Waals surface area contributed by atoms with E-state index in [2.05, 4.69) is 38.6 Å². The van der Waals surface area contributed by atoms with E-state index in [1.807, 2.05) is 30.5 Å². The van der Waals surface area contributed by atoms with Gasteiger partial charge in [-0.25, -0.2) is 4.79 Å². The quantitative estimate of drug-likeness (QED) is 0.308. The highest BCUT2D eigenvalue weighted by Gasteiger charge is 2.20. The molecule has 4 aromatic rings. The van der Waals surface area contributed by atoms with Crippen molar-refractivity contribution in [2.45, 2.75) is 71.3 Å². The molecule has 1 saturated carbocycles. The van der Waals surface area contributed by atoms with E-state index in [1.54, 1.807) is 4.57 Å². The second-order valence-corrected chi connectivity index (χ2v) is 10.1. The van der Waals surface area contributed by atoms with Crippen molar-refractivity contribution in [3.63, 3.8) is 0 Å². The Labute approximate surface area is 215 Å². The van der Waals surface area contributed by atoms with Gasteiger partial charge in [0, 0.05) is 17.3 Å². The average Bonchev–Trinajstić information content (AvgIpc) is 3.53. The Morgan fingerprint density at radius 1 is 1.11 bits per heavy atom. The van der Waals surface area contributed by atoms with Crippen LogP contribution in [0.5, 0.6) is 0 Å². The Hall–Kier alpha value is -3.26. The molecule has 9 heteroatoms. The minimum atomic E-state index is -0.166. The molecule has 3 heterocycles. The molecule has 1 fully saturated rings. The fourth-order valence-corrected chi connectivity index (χ4v) is 5.56. The van der Waals surface area contributed by atoms with Crippen molar-refractivity contribution in [3.05, 3.63) is 69.0 Å². The van der Waals surface area contributed by atoms with E-state index in [-0.39, 0.29) is 5.69 Å². The predicted molar refractivity (Wildman–Crippen MR) is 141 cm³/mol. The predicted octanol–water partition coefficient (Wildman–Crippen LogP) is 5.59. The van der Waals surface area contributed by atoms with Crippen molar-refractivity contribution in [2.24, 2.45) is 5.92 Å². The van der Waals surface area contributed by atoms with Gasteiger partial charge in [-0.2, -0.15) is 5.21 Å². The van der Waals surface area contributed by atoms with E-state index < -0.39 is 0 Å². The third-order valence-electron chi connectivity index (χ3n) is 7.24. The summed E-state index contributed by atoms with van der Waals surface area (Å²) in [4.78, 5) is 20.4. The molecular weight excluding hydrogens is 474 g/mol. The van der Waals surface area contributed by atoms with Gasteiger partial charge in [0.1, 0.15) is 5.15 Å². The molecule has 36 heavy (non-hydrogen) atoms. The standard InChI is InChI=1S/C27H32ClN7O/c1-2-3-13-24-25(28)30-27(36)35(24)17-20-16-29-23(15-19(20)14-18-9-5-4-6-10-18)21-11-7-8-12-22(21)26-31-33-34-32-26/h7-8,11-12,15-16,18H,2-6,9-10,13-14,17H2,1H3,(H,30,36)(H,31,32,33,34). The topological polar surface area (TPSA) is 105 Å². The van der Waals surface area contributed by atoms with E-state index in [0.717, 1.165) is 53.8 Å². The maximum absolute atomic E-state index is 12.8. The summed E-state index contributed by atoms with van der Waals surface area (Å²) in [6.45, 7) is 2.60. The number of aromatic nitrogens is 7. The fraction of sp³-hybridized carbons (Fsp3) is 0.444. The molecule has 1 aromatic carbocycles. The summed E-state index contributed by atoms with van der Waals surface area (Å²) < 4.78 is 1.78. The second kappa shape index (κ2) is 11.2. The number of hydrogen-bond donors (Lipinski definition) is 2. The SMILES string of the molecule is CCCCc1c(Cl)[nH]c(=O)n1Cc1cnc(-c2ccccc2-c2nn[nH]n2)cc1CC1CCCCC1. The molecule has 5 rings (SSSR count). The Balaban J connectivity index is 1.54. The van der Waals surface area contributed by atoms with Gasteiger partial charge >= 0.3 is 5.69 Å². The molecule has 0 aliphatic heterocycles. The summed E-state index contributed by atoms with van der Waals surface area (Å²) in [5, 5.41) is 15.1. The van der Waals surface area contributed by atoms with Crippen LogP contribution < -0.4 is 5.69 Å². The second-order valence-electron chi connectivity index (χ2n) is 9.71. The molecule has 0 amide bonds. The highest BCUT2D eigenvalue weighted by molar-refractivity contribution is 6.30. The van der Waals surface area contributed by atoms with Crippen molar-refractivity contribution in [3.8, 4) is 22.6 Å². The average molecular weight is 506 g/mol. The van der Waals surface area contributed by atoms with Crippen LogP contribution in [-0.2, 0) is 19.4 Å². The lowest BCUT2D eigenvalue weighted by molar-refractivity contribution is 0.356. The lowest BCUT2D eigenvalue weighted by Crippen LogP contribution is -2.21. The van der Waals surface area contributed by atoms with Gasteiger partial charge in [0.25, 0.3) is 0 Å². The van der Waals surface area contributed by atoms with Gasteiger partial charge in [0.2, 0.25) is 5.82 Å². The number of imidazole rings is 1. The van der Waals surface area contributed by atoms with E-state index in [9.17, 15) is 4.79 Å². The van der Waals surface area contributed by atoms with Gasteiger partial charge in [-0.1, -0.05) is 81.3 Å². The number of unbranched alkanes of at least 4 members (excludes halogenated alkanes) is 1. The van der Waals surface area contributed by atoms with Gasteiger partial charge in [0.05, 0.1) is 17.9 Å². The number of rotatable bonds is 9. The first-order chi connectivity index (χ1) is 17.6. The number of hydrogen-bond acceptors (Lipinski definition) is 5. The Bertz CT molecular complexity index is 1350. The summed E-state index contributed by atoms with van der Waals surface area (Å²) in [6, 6.07) is 10.2. The van der Waals surface area contributed by atoms with E-state index in [0.29, 0.717) is 23.4 Å². The molecule has 0 bridgehead atoms. The molecular formula is C27H32ClN7O. The molecule has 3 aromatic heterocycles. The number of nitrogens with zero attached hydrogens (tertiary/aromatic N) is 5. The normalized spacial score (nSPS) is 14.4. The van der Waals surface area contributed by atoms with Crippen LogP contribution in [0.3, 0.4) is 0 Å². The van der Waals surface area contributed by atoms with Crippen LogP contribution in [0, 0.1) is 5.92 Å². The van der Waals surface area contributed by atoms with Gasteiger partial charge in [-0.15, -0.1) is 10.2 Å². The molecule has 0 saturated heterocycles. The highest BCUT2D eigenvalue weighted by Crippen LogP contribution is 2.33. The largest absolute Gasteiger partial charge is 0.327 e. The summed E-state index contributed by atoms with van der Waals surface area (Å²) in [5.41, 5.74) is 5.72. The van der Waals surface area contributed by atoms with Gasteiger partial charge in [-0.3, -0.25) is 14.5 Å². The molecule has 8 nitrogen and oxygen atoms in total. The first kappa shape index (κ1) is 24.4. The Kier molecular flexibility index (Phi) is 7.60. The zero-order chi connectivity index (χ0) is 24.9. The van der Waals surface area contributed by atoms with E-state index in [1.165, 1.54) is 37.7 Å². The number of nitrogens with one attached hydrogen (secondary N) is 2. The maximum atomic E-state index is 12.8. The summed E-state index contributed by atoms with van der Waals surface area (Å²) in [5.74, 6) is 1.19. The van der Waals surface area contributed by atoms with Crippen molar-refractivity contribution in [1.82, 2.24) is 35.2 Å². The van der Waals surface area contributed by atoms with Gasteiger partial charge in [-0.05, 0) is 47.6 Å². The highest BCUT2D eigenvalue weighted by atomic mass is 35.5. The van der Waals surface area contributed by atoms with Crippen molar-refractivity contribution in [1.29, 1.82) is 0 Å². The molecule has 0 atom stereocenters. The summed E-state index contributed by atoms with van der Waals surface area (Å²) in [7, 11) is 0. The van der Waals surface area contributed by atoms with Crippen LogP contribution in [0.1, 0.15) is 68.7 Å². The van der Waals surface area contributed by atoms with Crippen molar-refractivity contribution >= 4 is 11.6 Å². The van der Waals surface area contributed by atoms with Crippen LogP contribution in [-0.4, -0.2) is 35.2 Å². The third kappa shape index (κ3) is 5.28. The number of tetrazole rings is 1. The zero-order valence-electron chi connectivity index (χ0n) is 20.6. The zero-order valence-corrected chi connectivity index (χ0v) is 21.4. The monoisotopic (exact) mass is 505 g/mol. The summed E-state index contributed by atoms with van der Waals surface area (Å²) >= 11 is 6.41.